The summed E-state index contributed by atoms with van der Waals surface area (Å²) in [6.07, 6.45) is 2.85. The Balaban J connectivity index is 1.96. The standard InChI is InChI=1S/C16H18O/c1-2-14-11-16(14,17)10-13-8-5-7-12-6-3-4-9-15(12)13/h3-9,14,17H,2,10-11H2,1H3. The van der Waals surface area contributed by atoms with Crippen molar-refractivity contribution >= 4 is 10.8 Å². The first-order valence-electron chi connectivity index (χ1n) is 6.42. The van der Waals surface area contributed by atoms with E-state index in [4.69, 9.17) is 0 Å². The molecule has 1 saturated carbocycles. The van der Waals surface area contributed by atoms with E-state index >= 15 is 0 Å². The highest BCUT2D eigenvalue weighted by atomic mass is 16.3. The van der Waals surface area contributed by atoms with Crippen LogP contribution in [0.25, 0.3) is 10.8 Å². The van der Waals surface area contributed by atoms with E-state index < -0.39 is 5.60 Å². The van der Waals surface area contributed by atoms with Crippen LogP contribution in [0.2, 0.25) is 0 Å². The zero-order chi connectivity index (χ0) is 11.9. The van der Waals surface area contributed by atoms with Crippen LogP contribution >= 0.6 is 0 Å². The monoisotopic (exact) mass is 226 g/mol. The molecule has 0 spiro atoms. The van der Waals surface area contributed by atoms with Gasteiger partial charge in [-0.05, 0) is 28.7 Å². The Hall–Kier alpha value is -1.34. The first-order valence-corrected chi connectivity index (χ1v) is 6.42. The van der Waals surface area contributed by atoms with Gasteiger partial charge in [0, 0.05) is 6.42 Å². The zero-order valence-electron chi connectivity index (χ0n) is 10.2. The maximum absolute atomic E-state index is 10.4. The fraction of sp³-hybridized carbons (Fsp3) is 0.375. The molecule has 88 valence electrons. The van der Waals surface area contributed by atoms with Crippen LogP contribution in [0.5, 0.6) is 0 Å². The molecule has 2 aromatic carbocycles. The van der Waals surface area contributed by atoms with E-state index in [0.717, 1.165) is 19.3 Å². The molecule has 0 saturated heterocycles. The predicted octanol–water partition coefficient (Wildman–Crippen LogP) is 3.54. The normalized spacial score (nSPS) is 27.3. The number of benzene rings is 2. The van der Waals surface area contributed by atoms with Gasteiger partial charge in [-0.15, -0.1) is 0 Å². The topological polar surface area (TPSA) is 20.2 Å². The summed E-state index contributed by atoms with van der Waals surface area (Å²) in [5.41, 5.74) is 0.848. The lowest BCUT2D eigenvalue weighted by Crippen LogP contribution is -2.14. The molecule has 2 aromatic rings. The number of hydrogen-bond donors (Lipinski definition) is 1. The Morgan fingerprint density at radius 2 is 1.94 bits per heavy atom. The van der Waals surface area contributed by atoms with Crippen LogP contribution in [-0.4, -0.2) is 10.7 Å². The van der Waals surface area contributed by atoms with Crippen LogP contribution in [0.3, 0.4) is 0 Å². The van der Waals surface area contributed by atoms with Crippen molar-refractivity contribution in [3.05, 3.63) is 48.0 Å². The van der Waals surface area contributed by atoms with E-state index in [0.29, 0.717) is 5.92 Å². The summed E-state index contributed by atoms with van der Waals surface area (Å²) < 4.78 is 0. The van der Waals surface area contributed by atoms with Crippen LogP contribution in [0.4, 0.5) is 0 Å². The second-order valence-electron chi connectivity index (χ2n) is 5.23. The highest BCUT2D eigenvalue weighted by molar-refractivity contribution is 5.85. The van der Waals surface area contributed by atoms with Gasteiger partial charge in [-0.25, -0.2) is 0 Å². The molecule has 0 radical (unpaired) electrons. The van der Waals surface area contributed by atoms with Crippen molar-refractivity contribution in [3.8, 4) is 0 Å². The fourth-order valence-electron chi connectivity index (χ4n) is 2.89. The van der Waals surface area contributed by atoms with Gasteiger partial charge in [0.1, 0.15) is 0 Å². The molecular formula is C16H18O. The average Bonchev–Trinajstić information content (AvgIpc) is 3.01. The number of hydrogen-bond acceptors (Lipinski definition) is 1. The van der Waals surface area contributed by atoms with E-state index in [1.807, 2.05) is 0 Å². The molecule has 1 aliphatic carbocycles. The third kappa shape index (κ3) is 1.85. The molecule has 1 aliphatic rings. The zero-order valence-corrected chi connectivity index (χ0v) is 10.2. The van der Waals surface area contributed by atoms with Crippen molar-refractivity contribution in [1.82, 2.24) is 0 Å². The lowest BCUT2D eigenvalue weighted by atomic mass is 9.98. The summed E-state index contributed by atoms with van der Waals surface area (Å²) in [7, 11) is 0. The van der Waals surface area contributed by atoms with Crippen LogP contribution in [0.1, 0.15) is 25.3 Å². The summed E-state index contributed by atoms with van der Waals surface area (Å²) in [5.74, 6) is 0.501. The van der Waals surface area contributed by atoms with E-state index in [1.54, 1.807) is 0 Å². The van der Waals surface area contributed by atoms with Gasteiger partial charge in [0.25, 0.3) is 0 Å². The third-order valence-corrected chi connectivity index (χ3v) is 4.07. The fourth-order valence-corrected chi connectivity index (χ4v) is 2.89. The Labute approximate surface area is 102 Å². The Morgan fingerprint density at radius 1 is 1.18 bits per heavy atom. The van der Waals surface area contributed by atoms with Crippen molar-refractivity contribution in [2.24, 2.45) is 5.92 Å². The van der Waals surface area contributed by atoms with Crippen molar-refractivity contribution in [3.63, 3.8) is 0 Å². The molecule has 17 heavy (non-hydrogen) atoms. The van der Waals surface area contributed by atoms with E-state index in [9.17, 15) is 5.11 Å². The van der Waals surface area contributed by atoms with Crippen LogP contribution in [-0.2, 0) is 6.42 Å². The molecule has 0 bridgehead atoms. The summed E-state index contributed by atoms with van der Waals surface area (Å²) in [5, 5.41) is 13.0. The first-order chi connectivity index (χ1) is 8.23. The first kappa shape index (κ1) is 10.8. The quantitative estimate of drug-likeness (QED) is 0.848. The molecule has 3 rings (SSSR count). The van der Waals surface area contributed by atoms with Crippen molar-refractivity contribution in [2.45, 2.75) is 31.8 Å². The summed E-state index contributed by atoms with van der Waals surface area (Å²) in [6.45, 7) is 2.16. The minimum atomic E-state index is -0.432. The van der Waals surface area contributed by atoms with Gasteiger partial charge in [0.15, 0.2) is 0 Å². The molecular weight excluding hydrogens is 208 g/mol. The predicted molar refractivity (Wildman–Crippen MR) is 71.0 cm³/mol. The smallest absolute Gasteiger partial charge is 0.0720 e. The summed E-state index contributed by atoms with van der Waals surface area (Å²) >= 11 is 0. The molecule has 1 nitrogen and oxygen atoms in total. The Bertz CT molecular complexity index is 541. The molecule has 0 heterocycles. The largest absolute Gasteiger partial charge is 0.389 e. The lowest BCUT2D eigenvalue weighted by molar-refractivity contribution is 0.131. The van der Waals surface area contributed by atoms with Gasteiger partial charge < -0.3 is 5.11 Å². The Kier molecular flexibility index (Phi) is 2.44. The second-order valence-corrected chi connectivity index (χ2v) is 5.23. The van der Waals surface area contributed by atoms with Gasteiger partial charge in [0.05, 0.1) is 5.60 Å². The van der Waals surface area contributed by atoms with E-state index in [1.165, 1.54) is 16.3 Å². The van der Waals surface area contributed by atoms with Crippen LogP contribution in [0.15, 0.2) is 42.5 Å². The molecule has 0 amide bonds. The molecule has 0 aliphatic heterocycles. The molecule has 2 atom stereocenters. The minimum Gasteiger partial charge on any atom is -0.389 e. The molecule has 2 unspecified atom stereocenters. The number of rotatable bonds is 3. The van der Waals surface area contributed by atoms with Crippen molar-refractivity contribution in [1.29, 1.82) is 0 Å². The van der Waals surface area contributed by atoms with Crippen LogP contribution < -0.4 is 0 Å². The third-order valence-electron chi connectivity index (χ3n) is 4.07. The maximum Gasteiger partial charge on any atom is 0.0720 e. The second kappa shape index (κ2) is 3.85. The van der Waals surface area contributed by atoms with E-state index in [-0.39, 0.29) is 0 Å². The lowest BCUT2D eigenvalue weighted by Gasteiger charge is -2.12. The van der Waals surface area contributed by atoms with Crippen molar-refractivity contribution < 1.29 is 5.11 Å². The van der Waals surface area contributed by atoms with Gasteiger partial charge in [-0.3, -0.25) is 0 Å². The SMILES string of the molecule is CCC1CC1(O)Cc1cccc2ccccc12. The highest BCUT2D eigenvalue weighted by Gasteiger charge is 2.51. The molecule has 1 N–H and O–H groups in total. The van der Waals surface area contributed by atoms with Gasteiger partial charge in [0.2, 0.25) is 0 Å². The Morgan fingerprint density at radius 3 is 2.71 bits per heavy atom. The number of aliphatic hydroxyl groups is 1. The molecule has 1 heteroatoms. The molecule has 0 aromatic heterocycles. The highest BCUT2D eigenvalue weighted by Crippen LogP contribution is 2.48. The maximum atomic E-state index is 10.4. The van der Waals surface area contributed by atoms with E-state index in [2.05, 4.69) is 49.4 Å². The average molecular weight is 226 g/mol. The van der Waals surface area contributed by atoms with Crippen LogP contribution in [0, 0.1) is 5.92 Å². The van der Waals surface area contributed by atoms with Crippen molar-refractivity contribution in [2.75, 3.05) is 0 Å². The van der Waals surface area contributed by atoms with Gasteiger partial charge in [-0.1, -0.05) is 55.8 Å². The van der Waals surface area contributed by atoms with Gasteiger partial charge in [-0.2, -0.15) is 0 Å². The molecule has 1 fully saturated rings. The van der Waals surface area contributed by atoms with Gasteiger partial charge >= 0.3 is 0 Å². The number of fused-ring (bicyclic) bond motifs is 1. The minimum absolute atomic E-state index is 0.432. The summed E-state index contributed by atoms with van der Waals surface area (Å²) in [4.78, 5) is 0. The summed E-state index contributed by atoms with van der Waals surface area (Å²) in [6, 6.07) is 14.8.